The van der Waals surface area contributed by atoms with Crippen LogP contribution in [-0.2, 0) is 9.68 Å². The third-order valence-corrected chi connectivity index (χ3v) is 2.04. The average molecular weight is 162 g/mol. The van der Waals surface area contributed by atoms with Gasteiger partial charge in [0, 0.05) is 5.56 Å². The number of fused-ring (bicyclic) bond motifs is 5. The number of rotatable bonds is 0. The summed E-state index contributed by atoms with van der Waals surface area (Å²) < 4.78 is 0. The predicted octanol–water partition coefficient (Wildman–Crippen LogP) is 1.40. The second-order valence-corrected chi connectivity index (χ2v) is 2.76. The minimum Gasteiger partial charge on any atom is -0.335 e. The molecule has 0 amide bonds. The quantitative estimate of drug-likeness (QED) is 0.627. The van der Waals surface area contributed by atoms with Gasteiger partial charge in [0.2, 0.25) is 0 Å². The zero-order valence-electron chi connectivity index (χ0n) is 6.15. The molecule has 1 fully saturated rings. The first-order valence-electron chi connectivity index (χ1n) is 3.68. The van der Waals surface area contributed by atoms with Crippen molar-refractivity contribution in [3.8, 4) is 0 Å². The molecule has 1 aromatic carbocycles. The normalized spacial score (nSPS) is 24.2. The van der Waals surface area contributed by atoms with E-state index in [9.17, 15) is 0 Å². The van der Waals surface area contributed by atoms with Gasteiger partial charge in [-0.1, -0.05) is 23.4 Å². The Hall–Kier alpha value is -1.55. The van der Waals surface area contributed by atoms with Crippen LogP contribution in [0.15, 0.2) is 24.3 Å². The lowest BCUT2D eigenvalue weighted by atomic mass is 10.1. The maximum atomic E-state index is 7.38. The van der Waals surface area contributed by atoms with Crippen molar-refractivity contribution < 1.29 is 9.68 Å². The van der Waals surface area contributed by atoms with Crippen LogP contribution in [0.2, 0.25) is 0 Å². The molecule has 1 atom stereocenters. The first-order chi connectivity index (χ1) is 5.86. The van der Waals surface area contributed by atoms with Crippen molar-refractivity contribution >= 4 is 11.6 Å². The van der Waals surface area contributed by atoms with Crippen LogP contribution in [0.25, 0.3) is 0 Å². The van der Waals surface area contributed by atoms with E-state index in [1.807, 2.05) is 24.3 Å². The number of hydrogen-bond donors (Lipinski definition) is 1. The van der Waals surface area contributed by atoms with Crippen molar-refractivity contribution in [3.63, 3.8) is 0 Å². The highest BCUT2D eigenvalue weighted by Gasteiger charge is 2.43. The van der Waals surface area contributed by atoms with Crippen LogP contribution in [0.4, 0.5) is 5.69 Å². The van der Waals surface area contributed by atoms with Gasteiger partial charge in [-0.15, -0.1) is 0 Å². The molecular formula is C8H6N2O2. The highest BCUT2D eigenvalue weighted by Crippen LogP contribution is 2.43. The summed E-state index contributed by atoms with van der Waals surface area (Å²) in [6.07, 6.45) is -0.318. The monoisotopic (exact) mass is 162 g/mol. The molecule has 0 radical (unpaired) electrons. The van der Waals surface area contributed by atoms with Crippen LogP contribution >= 0.6 is 0 Å². The zero-order chi connectivity index (χ0) is 8.13. The van der Waals surface area contributed by atoms with Crippen LogP contribution in [0.1, 0.15) is 11.7 Å². The molecule has 2 aliphatic rings. The van der Waals surface area contributed by atoms with Gasteiger partial charge >= 0.3 is 0 Å². The average Bonchev–Trinajstić information content (AvgIpc) is 2.62. The molecule has 0 spiro atoms. The van der Waals surface area contributed by atoms with Crippen LogP contribution < -0.4 is 5.23 Å². The molecule has 60 valence electrons. The molecule has 4 nitrogen and oxygen atoms in total. The lowest BCUT2D eigenvalue weighted by Crippen LogP contribution is -2.16. The maximum Gasteiger partial charge on any atom is 0.254 e. The number of nitrogens with zero attached hydrogens (tertiary/aromatic N) is 1. The third kappa shape index (κ3) is 0.541. The summed E-state index contributed by atoms with van der Waals surface area (Å²) in [6, 6.07) is 7.69. The standard InChI is InChI=1S/C8H6N2O2/c9-8-7-5-3-1-2-4-6(5)10(11-7)12-8/h1-4,7,9H. The van der Waals surface area contributed by atoms with Gasteiger partial charge in [0.25, 0.3) is 5.90 Å². The lowest BCUT2D eigenvalue weighted by Gasteiger charge is -2.13. The second-order valence-electron chi connectivity index (χ2n) is 2.76. The van der Waals surface area contributed by atoms with E-state index in [2.05, 4.69) is 0 Å². The molecule has 0 aliphatic carbocycles. The summed E-state index contributed by atoms with van der Waals surface area (Å²) in [4.78, 5) is 10.2. The first kappa shape index (κ1) is 6.02. The zero-order valence-corrected chi connectivity index (χ0v) is 6.15. The summed E-state index contributed by atoms with van der Waals surface area (Å²) in [5.74, 6) is 0.161. The fourth-order valence-electron chi connectivity index (χ4n) is 1.48. The smallest absolute Gasteiger partial charge is 0.254 e. The fraction of sp³-hybridized carbons (Fsp3) is 0.125. The lowest BCUT2D eigenvalue weighted by molar-refractivity contribution is 0.0290. The Bertz CT molecular complexity index is 364. The molecule has 1 saturated heterocycles. The van der Waals surface area contributed by atoms with Crippen molar-refractivity contribution in [3.05, 3.63) is 29.8 Å². The van der Waals surface area contributed by atoms with Gasteiger partial charge in [-0.25, -0.2) is 4.84 Å². The summed E-state index contributed by atoms with van der Waals surface area (Å²) in [5.41, 5.74) is 1.91. The van der Waals surface area contributed by atoms with E-state index in [1.54, 1.807) is 0 Å². The molecule has 0 aromatic heterocycles. The van der Waals surface area contributed by atoms with Crippen molar-refractivity contribution in [1.29, 1.82) is 5.41 Å². The van der Waals surface area contributed by atoms with Gasteiger partial charge in [0.15, 0.2) is 6.10 Å². The molecule has 2 bridgehead atoms. The van der Waals surface area contributed by atoms with Crippen molar-refractivity contribution in [1.82, 2.24) is 0 Å². The topological polar surface area (TPSA) is 45.5 Å². The van der Waals surface area contributed by atoms with Crippen LogP contribution in [0.3, 0.4) is 0 Å². The Morgan fingerprint density at radius 3 is 3.08 bits per heavy atom. The Morgan fingerprint density at radius 1 is 1.33 bits per heavy atom. The van der Waals surface area contributed by atoms with E-state index in [4.69, 9.17) is 15.1 Å². The van der Waals surface area contributed by atoms with E-state index in [-0.39, 0.29) is 12.0 Å². The van der Waals surface area contributed by atoms with Crippen LogP contribution in [0.5, 0.6) is 0 Å². The Labute approximate surface area is 68.7 Å². The molecule has 12 heavy (non-hydrogen) atoms. The number of benzene rings is 1. The molecular weight excluding hydrogens is 156 g/mol. The third-order valence-electron chi connectivity index (χ3n) is 2.04. The molecule has 2 heterocycles. The SMILES string of the molecule is N=C1ON2OC1c1ccccc12. The van der Waals surface area contributed by atoms with Gasteiger partial charge in [-0.05, 0) is 6.07 Å². The van der Waals surface area contributed by atoms with Crippen molar-refractivity contribution in [2.24, 2.45) is 0 Å². The first-order valence-corrected chi connectivity index (χ1v) is 3.68. The molecule has 3 rings (SSSR count). The number of para-hydroxylation sites is 1. The molecule has 1 aromatic rings. The largest absolute Gasteiger partial charge is 0.335 e. The fourth-order valence-corrected chi connectivity index (χ4v) is 1.48. The molecule has 1 N–H and O–H groups in total. The predicted molar refractivity (Wildman–Crippen MR) is 41.6 cm³/mol. The number of nitrogens with one attached hydrogen (secondary N) is 1. The van der Waals surface area contributed by atoms with Gasteiger partial charge in [0.1, 0.15) is 5.69 Å². The van der Waals surface area contributed by atoms with Crippen molar-refractivity contribution in [2.75, 3.05) is 5.23 Å². The Balaban J connectivity index is 2.23. The van der Waals surface area contributed by atoms with E-state index in [0.717, 1.165) is 11.3 Å². The van der Waals surface area contributed by atoms with Gasteiger partial charge in [-0.2, -0.15) is 0 Å². The molecule has 0 saturated carbocycles. The van der Waals surface area contributed by atoms with Crippen LogP contribution in [0, 0.1) is 5.41 Å². The van der Waals surface area contributed by atoms with Gasteiger partial charge < -0.3 is 4.84 Å². The minimum atomic E-state index is -0.318. The molecule has 1 unspecified atom stereocenters. The van der Waals surface area contributed by atoms with Gasteiger partial charge in [-0.3, -0.25) is 5.41 Å². The van der Waals surface area contributed by atoms with E-state index in [1.165, 1.54) is 5.23 Å². The van der Waals surface area contributed by atoms with Gasteiger partial charge in [0.05, 0.1) is 0 Å². The summed E-state index contributed by atoms with van der Waals surface area (Å²) in [6.45, 7) is 0. The van der Waals surface area contributed by atoms with Crippen LogP contribution in [-0.4, -0.2) is 5.90 Å². The Morgan fingerprint density at radius 2 is 2.17 bits per heavy atom. The summed E-state index contributed by atoms with van der Waals surface area (Å²) >= 11 is 0. The van der Waals surface area contributed by atoms with E-state index in [0.29, 0.717) is 0 Å². The van der Waals surface area contributed by atoms with E-state index >= 15 is 0 Å². The minimum absolute atomic E-state index is 0.161. The van der Waals surface area contributed by atoms with E-state index < -0.39 is 0 Å². The highest BCUT2D eigenvalue weighted by molar-refractivity contribution is 5.87. The second kappa shape index (κ2) is 1.78. The number of hydrogen-bond acceptors (Lipinski definition) is 4. The summed E-state index contributed by atoms with van der Waals surface area (Å²) in [7, 11) is 0. The van der Waals surface area contributed by atoms with Crippen molar-refractivity contribution in [2.45, 2.75) is 6.10 Å². The molecule has 4 heteroatoms. The highest BCUT2D eigenvalue weighted by atomic mass is 17.0. The maximum absolute atomic E-state index is 7.38. The number of anilines is 1. The molecule has 2 aliphatic heterocycles. The Kier molecular flexibility index (Phi) is 0.895. The summed E-state index contributed by atoms with van der Waals surface area (Å²) in [5, 5.41) is 8.67.